The molecule has 0 saturated heterocycles. The molecular formula is C15H16N2O2S. The highest BCUT2D eigenvalue weighted by molar-refractivity contribution is 7.99. The van der Waals surface area contributed by atoms with Crippen molar-refractivity contribution in [2.24, 2.45) is 0 Å². The molecule has 1 amide bonds. The van der Waals surface area contributed by atoms with Gasteiger partial charge in [0, 0.05) is 12.7 Å². The van der Waals surface area contributed by atoms with E-state index in [1.54, 1.807) is 13.3 Å². The Morgan fingerprint density at radius 2 is 2.20 bits per heavy atom. The molecule has 0 aliphatic carbocycles. The number of rotatable bonds is 6. The van der Waals surface area contributed by atoms with Crippen LogP contribution < -0.4 is 10.1 Å². The van der Waals surface area contributed by atoms with E-state index in [0.717, 1.165) is 16.3 Å². The monoisotopic (exact) mass is 288 g/mol. The lowest BCUT2D eigenvalue weighted by atomic mass is 10.2. The number of nitrogens with zero attached hydrogens (tertiary/aromatic N) is 1. The summed E-state index contributed by atoms with van der Waals surface area (Å²) in [6, 6.07) is 13.3. The van der Waals surface area contributed by atoms with Gasteiger partial charge < -0.3 is 10.1 Å². The maximum atomic E-state index is 11.8. The molecule has 1 heterocycles. The van der Waals surface area contributed by atoms with Gasteiger partial charge in [0.2, 0.25) is 5.91 Å². The van der Waals surface area contributed by atoms with Crippen molar-refractivity contribution < 1.29 is 9.53 Å². The fraction of sp³-hybridized carbons (Fsp3) is 0.200. The van der Waals surface area contributed by atoms with Crippen LogP contribution in [0.1, 0.15) is 5.56 Å². The van der Waals surface area contributed by atoms with E-state index in [2.05, 4.69) is 10.3 Å². The van der Waals surface area contributed by atoms with Gasteiger partial charge in [-0.2, -0.15) is 0 Å². The average Bonchev–Trinajstić information content (AvgIpc) is 2.52. The summed E-state index contributed by atoms with van der Waals surface area (Å²) in [5.41, 5.74) is 1.01. The molecule has 0 atom stereocenters. The van der Waals surface area contributed by atoms with Crippen LogP contribution in [-0.4, -0.2) is 23.8 Å². The fourth-order valence-electron chi connectivity index (χ4n) is 1.61. The highest BCUT2D eigenvalue weighted by Crippen LogP contribution is 2.14. The number of carbonyl (C=O) groups excluding carboxylic acids is 1. The summed E-state index contributed by atoms with van der Waals surface area (Å²) in [6.07, 6.45) is 1.72. The number of benzene rings is 1. The highest BCUT2D eigenvalue weighted by Gasteiger charge is 2.03. The van der Waals surface area contributed by atoms with Gasteiger partial charge in [-0.25, -0.2) is 4.98 Å². The molecule has 0 spiro atoms. The number of carbonyl (C=O) groups is 1. The summed E-state index contributed by atoms with van der Waals surface area (Å²) in [7, 11) is 1.63. The van der Waals surface area contributed by atoms with Crippen molar-refractivity contribution in [1.29, 1.82) is 0 Å². The Morgan fingerprint density at radius 1 is 1.30 bits per heavy atom. The van der Waals surface area contributed by atoms with Crippen molar-refractivity contribution in [3.05, 3.63) is 54.2 Å². The van der Waals surface area contributed by atoms with E-state index in [9.17, 15) is 4.79 Å². The van der Waals surface area contributed by atoms with Gasteiger partial charge in [-0.3, -0.25) is 4.79 Å². The zero-order chi connectivity index (χ0) is 14.2. The number of ether oxygens (including phenoxy) is 1. The third kappa shape index (κ3) is 4.59. The first-order valence-corrected chi connectivity index (χ1v) is 7.20. The smallest absolute Gasteiger partial charge is 0.230 e. The van der Waals surface area contributed by atoms with E-state index in [-0.39, 0.29) is 5.91 Å². The second-order valence-electron chi connectivity index (χ2n) is 4.08. The SMILES string of the molecule is COc1cccc(CNC(=O)CSc2ccccn2)c1. The number of thioether (sulfide) groups is 1. The first-order valence-electron chi connectivity index (χ1n) is 6.21. The maximum Gasteiger partial charge on any atom is 0.230 e. The van der Waals surface area contributed by atoms with Gasteiger partial charge in [0.25, 0.3) is 0 Å². The minimum Gasteiger partial charge on any atom is -0.497 e. The number of nitrogens with one attached hydrogen (secondary N) is 1. The highest BCUT2D eigenvalue weighted by atomic mass is 32.2. The molecule has 0 unspecified atom stereocenters. The summed E-state index contributed by atoms with van der Waals surface area (Å²) in [5, 5.41) is 3.73. The number of methoxy groups -OCH3 is 1. The van der Waals surface area contributed by atoms with Crippen molar-refractivity contribution in [1.82, 2.24) is 10.3 Å². The quantitative estimate of drug-likeness (QED) is 0.830. The van der Waals surface area contributed by atoms with Crippen LogP contribution in [0.4, 0.5) is 0 Å². The zero-order valence-corrected chi connectivity index (χ0v) is 12.0. The Morgan fingerprint density at radius 3 is 2.95 bits per heavy atom. The summed E-state index contributed by atoms with van der Waals surface area (Å²) >= 11 is 1.42. The molecule has 0 fully saturated rings. The third-order valence-corrected chi connectivity index (χ3v) is 3.56. The molecule has 2 aromatic rings. The molecule has 2 rings (SSSR count). The van der Waals surface area contributed by atoms with Crippen LogP contribution in [0, 0.1) is 0 Å². The van der Waals surface area contributed by atoms with Crippen molar-refractivity contribution in [3.8, 4) is 5.75 Å². The predicted octanol–water partition coefficient (Wildman–Crippen LogP) is 2.50. The van der Waals surface area contributed by atoms with Gasteiger partial charge in [0.15, 0.2) is 0 Å². The lowest BCUT2D eigenvalue weighted by molar-refractivity contribution is -0.118. The second kappa shape index (κ2) is 7.55. The molecule has 104 valence electrons. The van der Waals surface area contributed by atoms with Crippen LogP contribution in [0.3, 0.4) is 0 Å². The van der Waals surface area contributed by atoms with Crippen LogP contribution in [0.5, 0.6) is 5.75 Å². The van der Waals surface area contributed by atoms with Gasteiger partial charge in [0.1, 0.15) is 5.75 Å². The van der Waals surface area contributed by atoms with Crippen LogP contribution in [0.15, 0.2) is 53.7 Å². The van der Waals surface area contributed by atoms with E-state index in [4.69, 9.17) is 4.74 Å². The number of hydrogen-bond donors (Lipinski definition) is 1. The van der Waals surface area contributed by atoms with E-state index in [1.807, 2.05) is 42.5 Å². The third-order valence-electron chi connectivity index (χ3n) is 2.61. The standard InChI is InChI=1S/C15H16N2O2S/c1-19-13-6-4-5-12(9-13)10-17-14(18)11-20-15-7-2-3-8-16-15/h2-9H,10-11H2,1H3,(H,17,18). The topological polar surface area (TPSA) is 51.2 Å². The van der Waals surface area contributed by atoms with Crippen LogP contribution in [-0.2, 0) is 11.3 Å². The summed E-state index contributed by atoms with van der Waals surface area (Å²) in [6.45, 7) is 0.499. The Hall–Kier alpha value is -2.01. The van der Waals surface area contributed by atoms with Gasteiger partial charge in [-0.05, 0) is 29.8 Å². The minimum atomic E-state index is -0.0107. The lowest BCUT2D eigenvalue weighted by Gasteiger charge is -2.06. The molecule has 0 bridgehead atoms. The van der Waals surface area contributed by atoms with Gasteiger partial charge in [0.05, 0.1) is 17.9 Å². The summed E-state index contributed by atoms with van der Waals surface area (Å²) < 4.78 is 5.14. The van der Waals surface area contributed by atoms with Crippen molar-refractivity contribution >= 4 is 17.7 Å². The Kier molecular flexibility index (Phi) is 5.43. The largest absolute Gasteiger partial charge is 0.497 e. The molecule has 0 saturated carbocycles. The van der Waals surface area contributed by atoms with E-state index >= 15 is 0 Å². The van der Waals surface area contributed by atoms with E-state index in [0.29, 0.717) is 12.3 Å². The normalized spacial score (nSPS) is 10.1. The molecule has 1 aromatic carbocycles. The van der Waals surface area contributed by atoms with Gasteiger partial charge >= 0.3 is 0 Å². The molecule has 0 radical (unpaired) electrons. The summed E-state index contributed by atoms with van der Waals surface area (Å²) in [5.74, 6) is 1.14. The van der Waals surface area contributed by atoms with Crippen molar-refractivity contribution in [3.63, 3.8) is 0 Å². The molecule has 20 heavy (non-hydrogen) atoms. The first kappa shape index (κ1) is 14.4. The molecule has 1 aromatic heterocycles. The molecule has 4 nitrogen and oxygen atoms in total. The second-order valence-corrected chi connectivity index (χ2v) is 5.08. The molecule has 5 heteroatoms. The van der Waals surface area contributed by atoms with Crippen LogP contribution in [0.2, 0.25) is 0 Å². The van der Waals surface area contributed by atoms with Crippen molar-refractivity contribution in [2.75, 3.05) is 12.9 Å². The predicted molar refractivity (Wildman–Crippen MR) is 79.8 cm³/mol. The fourth-order valence-corrected chi connectivity index (χ4v) is 2.30. The molecule has 0 aliphatic rings. The van der Waals surface area contributed by atoms with Crippen molar-refractivity contribution in [2.45, 2.75) is 11.6 Å². The Balaban J connectivity index is 1.77. The Bertz CT molecular complexity index is 561. The summed E-state index contributed by atoms with van der Waals surface area (Å²) in [4.78, 5) is 15.9. The average molecular weight is 288 g/mol. The lowest BCUT2D eigenvalue weighted by Crippen LogP contribution is -2.24. The van der Waals surface area contributed by atoms with E-state index < -0.39 is 0 Å². The number of pyridine rings is 1. The van der Waals surface area contributed by atoms with Crippen LogP contribution in [0.25, 0.3) is 0 Å². The number of amides is 1. The van der Waals surface area contributed by atoms with Gasteiger partial charge in [-0.1, -0.05) is 30.0 Å². The zero-order valence-electron chi connectivity index (χ0n) is 11.2. The molecule has 1 N–H and O–H groups in total. The first-order chi connectivity index (χ1) is 9.78. The minimum absolute atomic E-state index is 0.0107. The molecule has 0 aliphatic heterocycles. The Labute approximate surface area is 122 Å². The number of aromatic nitrogens is 1. The van der Waals surface area contributed by atoms with E-state index in [1.165, 1.54) is 11.8 Å². The maximum absolute atomic E-state index is 11.8. The number of hydrogen-bond acceptors (Lipinski definition) is 4. The molecular weight excluding hydrogens is 272 g/mol. The van der Waals surface area contributed by atoms with Gasteiger partial charge in [-0.15, -0.1) is 0 Å². The van der Waals surface area contributed by atoms with Crippen LogP contribution >= 0.6 is 11.8 Å².